The Morgan fingerprint density at radius 2 is 2.08 bits per heavy atom. The van der Waals surface area contributed by atoms with E-state index in [2.05, 4.69) is 16.9 Å². The molecule has 7 heteroatoms. The van der Waals surface area contributed by atoms with Crippen LogP contribution in [0.15, 0.2) is 22.6 Å². The Morgan fingerprint density at radius 3 is 2.67 bits per heavy atom. The van der Waals surface area contributed by atoms with Gasteiger partial charge in [-0.3, -0.25) is 14.2 Å². The van der Waals surface area contributed by atoms with Crippen LogP contribution in [0.2, 0.25) is 0 Å². The van der Waals surface area contributed by atoms with Gasteiger partial charge in [0.25, 0.3) is 5.56 Å². The van der Waals surface area contributed by atoms with E-state index in [-0.39, 0.29) is 22.8 Å². The number of nitrogens with zero attached hydrogens (tertiary/aromatic N) is 2. The molecule has 24 heavy (non-hydrogen) atoms. The number of carbonyl (C=O) groups excluding carboxylic acids is 1. The van der Waals surface area contributed by atoms with Gasteiger partial charge in [-0.15, -0.1) is 17.9 Å². The van der Waals surface area contributed by atoms with E-state index in [1.54, 1.807) is 10.6 Å². The summed E-state index contributed by atoms with van der Waals surface area (Å²) in [5.41, 5.74) is 0.966. The maximum absolute atomic E-state index is 13.0. The Hall–Kier alpha value is -1.60. The van der Waals surface area contributed by atoms with Crippen LogP contribution >= 0.6 is 23.1 Å². The monoisotopic (exact) mass is 365 g/mol. The molecule has 2 rings (SSSR count). The lowest BCUT2D eigenvalue weighted by Gasteiger charge is -2.17. The smallest absolute Gasteiger partial charge is 0.263 e. The van der Waals surface area contributed by atoms with Crippen LogP contribution in [0.25, 0.3) is 10.2 Å². The molecule has 2 heterocycles. The van der Waals surface area contributed by atoms with Gasteiger partial charge >= 0.3 is 0 Å². The van der Waals surface area contributed by atoms with Crippen molar-refractivity contribution in [1.82, 2.24) is 14.9 Å². The van der Waals surface area contributed by atoms with Gasteiger partial charge in [-0.05, 0) is 40.2 Å². The largest absolute Gasteiger partial charge is 0.352 e. The average Bonchev–Trinajstić information content (AvgIpc) is 2.79. The molecule has 1 N–H and O–H groups in total. The van der Waals surface area contributed by atoms with Crippen LogP contribution in [0.4, 0.5) is 0 Å². The van der Waals surface area contributed by atoms with E-state index in [0.717, 1.165) is 15.3 Å². The van der Waals surface area contributed by atoms with Crippen molar-refractivity contribution in [2.45, 2.75) is 51.1 Å². The molecule has 0 radical (unpaired) electrons. The molecule has 1 amide bonds. The molecule has 1 atom stereocenters. The van der Waals surface area contributed by atoms with Crippen molar-refractivity contribution >= 4 is 39.2 Å². The number of hydrogen-bond donors (Lipinski definition) is 1. The summed E-state index contributed by atoms with van der Waals surface area (Å²) in [6, 6.07) is -0.0278. The third-order valence-electron chi connectivity index (χ3n) is 3.79. The molecule has 5 nitrogen and oxygen atoms in total. The summed E-state index contributed by atoms with van der Waals surface area (Å²) in [7, 11) is 0. The van der Waals surface area contributed by atoms with Crippen molar-refractivity contribution in [1.29, 1.82) is 0 Å². The Morgan fingerprint density at radius 1 is 1.42 bits per heavy atom. The summed E-state index contributed by atoms with van der Waals surface area (Å²) in [4.78, 5) is 31.6. The lowest BCUT2D eigenvalue weighted by Crippen LogP contribution is -2.32. The number of carbonyl (C=O) groups is 1. The van der Waals surface area contributed by atoms with Gasteiger partial charge in [-0.25, -0.2) is 4.98 Å². The number of hydrogen-bond acceptors (Lipinski definition) is 5. The Balaban J connectivity index is 2.49. The molecule has 2 aromatic rings. The summed E-state index contributed by atoms with van der Waals surface area (Å²) < 4.78 is 1.68. The third-order valence-corrected chi connectivity index (χ3v) is 5.96. The fourth-order valence-corrected chi connectivity index (χ4v) is 4.49. The molecule has 1 unspecified atom stereocenters. The van der Waals surface area contributed by atoms with Gasteiger partial charge in [0, 0.05) is 17.5 Å². The van der Waals surface area contributed by atoms with Crippen LogP contribution in [0.5, 0.6) is 0 Å². The molecule has 0 saturated heterocycles. The van der Waals surface area contributed by atoms with Gasteiger partial charge < -0.3 is 5.32 Å². The Labute approximate surface area is 150 Å². The van der Waals surface area contributed by atoms with E-state index in [0.29, 0.717) is 17.1 Å². The van der Waals surface area contributed by atoms with Crippen LogP contribution in [-0.4, -0.2) is 27.3 Å². The first kappa shape index (κ1) is 18.7. The summed E-state index contributed by atoms with van der Waals surface area (Å²) in [5, 5.41) is 3.71. The average molecular weight is 366 g/mol. The van der Waals surface area contributed by atoms with E-state index < -0.39 is 0 Å². The van der Waals surface area contributed by atoms with E-state index in [4.69, 9.17) is 0 Å². The van der Waals surface area contributed by atoms with Gasteiger partial charge in [0.1, 0.15) is 4.83 Å². The highest BCUT2D eigenvalue weighted by molar-refractivity contribution is 8.00. The quantitative estimate of drug-likeness (QED) is 0.484. The number of rotatable bonds is 6. The molecular weight excluding hydrogens is 342 g/mol. The van der Waals surface area contributed by atoms with Crippen LogP contribution < -0.4 is 10.9 Å². The second-order valence-electron chi connectivity index (χ2n) is 5.92. The first-order valence-electron chi connectivity index (χ1n) is 7.85. The predicted molar refractivity (Wildman–Crippen MR) is 102 cm³/mol. The number of aromatic nitrogens is 2. The molecule has 130 valence electrons. The third kappa shape index (κ3) is 3.57. The van der Waals surface area contributed by atoms with Gasteiger partial charge in [0.05, 0.1) is 10.6 Å². The zero-order chi connectivity index (χ0) is 18.0. The predicted octanol–water partition coefficient (Wildman–Crippen LogP) is 3.44. The molecule has 2 aromatic heterocycles. The van der Waals surface area contributed by atoms with Gasteiger partial charge in [0.15, 0.2) is 5.16 Å². The van der Waals surface area contributed by atoms with Gasteiger partial charge in [0.2, 0.25) is 5.91 Å². The minimum atomic E-state index is -0.346. The summed E-state index contributed by atoms with van der Waals surface area (Å²) in [6.45, 7) is 13.7. The maximum Gasteiger partial charge on any atom is 0.263 e. The van der Waals surface area contributed by atoms with Crippen LogP contribution in [-0.2, 0) is 4.79 Å². The highest BCUT2D eigenvalue weighted by Gasteiger charge is 2.22. The molecule has 0 aliphatic rings. The molecule has 0 saturated carbocycles. The van der Waals surface area contributed by atoms with E-state index in [1.807, 2.05) is 34.6 Å². The van der Waals surface area contributed by atoms with Crippen molar-refractivity contribution in [2.75, 3.05) is 6.54 Å². The van der Waals surface area contributed by atoms with Crippen molar-refractivity contribution < 1.29 is 4.79 Å². The fraction of sp³-hybridized carbons (Fsp3) is 0.471. The summed E-state index contributed by atoms with van der Waals surface area (Å²) >= 11 is 2.84. The van der Waals surface area contributed by atoms with Gasteiger partial charge in [-0.1, -0.05) is 17.8 Å². The number of amides is 1. The molecule has 0 aromatic carbocycles. The number of fused-ring (bicyclic) bond motifs is 1. The van der Waals surface area contributed by atoms with Gasteiger partial charge in [-0.2, -0.15) is 0 Å². The molecule has 0 fully saturated rings. The first-order chi connectivity index (χ1) is 11.3. The second kappa shape index (κ2) is 7.53. The molecule has 0 aliphatic heterocycles. The maximum atomic E-state index is 13.0. The number of thioether (sulfide) groups is 1. The highest BCUT2D eigenvalue weighted by atomic mass is 32.2. The van der Waals surface area contributed by atoms with E-state index in [1.165, 1.54) is 23.1 Å². The molecule has 0 bridgehead atoms. The standard InChI is InChI=1S/C17H23N3O2S2/c1-7-8-18-14(21)12(6)24-17-19-15-13(10(4)11(5)23-15)16(22)20(17)9(2)3/h7,9,12H,1,8H2,2-6H3,(H,18,21). The molecule has 0 spiro atoms. The summed E-state index contributed by atoms with van der Waals surface area (Å²) in [5.74, 6) is -0.0944. The zero-order valence-corrected chi connectivity index (χ0v) is 16.3. The van der Waals surface area contributed by atoms with Crippen molar-refractivity contribution in [2.24, 2.45) is 0 Å². The SMILES string of the molecule is C=CCNC(=O)C(C)Sc1nc2sc(C)c(C)c2c(=O)n1C(C)C. The normalized spacial score (nSPS) is 12.6. The Bertz CT molecular complexity index is 836. The fourth-order valence-electron chi connectivity index (χ4n) is 2.35. The van der Waals surface area contributed by atoms with E-state index in [9.17, 15) is 9.59 Å². The topological polar surface area (TPSA) is 64.0 Å². The lowest BCUT2D eigenvalue weighted by atomic mass is 10.2. The van der Waals surface area contributed by atoms with Crippen LogP contribution in [0.1, 0.15) is 37.3 Å². The first-order valence-corrected chi connectivity index (χ1v) is 9.55. The number of thiophene rings is 1. The van der Waals surface area contributed by atoms with Crippen LogP contribution in [0, 0.1) is 13.8 Å². The summed E-state index contributed by atoms with van der Waals surface area (Å²) in [6.07, 6.45) is 1.64. The second-order valence-corrected chi connectivity index (χ2v) is 8.43. The Kier molecular flexibility index (Phi) is 5.87. The lowest BCUT2D eigenvalue weighted by molar-refractivity contribution is -0.120. The molecular formula is C17H23N3O2S2. The van der Waals surface area contributed by atoms with Crippen molar-refractivity contribution in [3.8, 4) is 0 Å². The minimum Gasteiger partial charge on any atom is -0.352 e. The number of aryl methyl sites for hydroxylation is 2. The van der Waals surface area contributed by atoms with Crippen LogP contribution in [0.3, 0.4) is 0 Å². The van der Waals surface area contributed by atoms with Crippen molar-refractivity contribution in [3.05, 3.63) is 33.4 Å². The number of nitrogens with one attached hydrogen (secondary N) is 1. The van der Waals surface area contributed by atoms with Crippen molar-refractivity contribution in [3.63, 3.8) is 0 Å². The van der Waals surface area contributed by atoms with E-state index >= 15 is 0 Å². The minimum absolute atomic E-state index is 0.0278. The molecule has 0 aliphatic carbocycles. The highest BCUT2D eigenvalue weighted by Crippen LogP contribution is 2.30. The zero-order valence-electron chi connectivity index (χ0n) is 14.7.